The fourth-order valence-corrected chi connectivity index (χ4v) is 7.38. The van der Waals surface area contributed by atoms with Crippen LogP contribution in [-0.4, -0.2) is 90.1 Å². The van der Waals surface area contributed by atoms with E-state index >= 15 is 0 Å². The minimum absolute atomic E-state index is 0.00138. The molecular weight excluding hydrogens is 718 g/mol. The minimum Gasteiger partial charge on any atom is -0.480 e. The number of rotatable bonds is 11. The summed E-state index contributed by atoms with van der Waals surface area (Å²) in [4.78, 5) is 48.2. The number of benzene rings is 1. The van der Waals surface area contributed by atoms with E-state index in [0.717, 1.165) is 23.8 Å². The highest BCUT2D eigenvalue weighted by Gasteiger charge is 2.56. The molecule has 17 heteroatoms. The first-order valence-corrected chi connectivity index (χ1v) is 17.7. The predicted molar refractivity (Wildman–Crippen MR) is 178 cm³/mol. The van der Waals surface area contributed by atoms with Crippen molar-refractivity contribution in [1.82, 2.24) is 14.8 Å². The van der Waals surface area contributed by atoms with Crippen LogP contribution < -0.4 is 14.4 Å². The van der Waals surface area contributed by atoms with Crippen LogP contribution in [0.4, 0.5) is 32.0 Å². The van der Waals surface area contributed by atoms with E-state index < -0.39 is 57.8 Å². The van der Waals surface area contributed by atoms with E-state index in [2.05, 4.69) is 4.98 Å². The molecule has 5 rings (SSSR count). The van der Waals surface area contributed by atoms with Crippen LogP contribution in [0.5, 0.6) is 11.5 Å². The Hall–Kier alpha value is -4.54. The van der Waals surface area contributed by atoms with Gasteiger partial charge in [0.05, 0.1) is 29.5 Å². The Morgan fingerprint density at radius 2 is 1.71 bits per heavy atom. The summed E-state index contributed by atoms with van der Waals surface area (Å²) in [6.45, 7) is 4.20. The van der Waals surface area contributed by atoms with Gasteiger partial charge in [-0.05, 0) is 38.0 Å². The van der Waals surface area contributed by atoms with Gasteiger partial charge in [-0.25, -0.2) is 4.79 Å². The summed E-state index contributed by atoms with van der Waals surface area (Å²) in [6.07, 6.45) is -7.19. The zero-order valence-electron chi connectivity index (χ0n) is 28.5. The standard InChI is InChI=1S/C35H38F6N4O6S/c1-3-8-28-33(51-23-19-29(52-22-23)35(39,40)41,12-7-14-45(28)31(47)24-20-42-13-11-25(24)34(36,37)38)32(48)44-17-15-43(16-18-44)26-9-5-6-10-27(26)50-21-30(46)49-4-2/h5-6,9-11,13,19-20,22,28H,3-4,7-8,12,14-18,21H2,1-2H3/t28-,33+/m1/s1. The third-order valence-electron chi connectivity index (χ3n) is 8.98. The number of ether oxygens (including phenoxy) is 3. The number of piperazine rings is 1. The average Bonchev–Trinajstić information content (AvgIpc) is 3.60. The number of piperidine rings is 1. The molecule has 0 bridgehead atoms. The maximum atomic E-state index is 14.8. The second-order valence-electron chi connectivity index (χ2n) is 12.3. The molecular formula is C35H38F6N4O6S. The summed E-state index contributed by atoms with van der Waals surface area (Å²) < 4.78 is 99.9. The van der Waals surface area contributed by atoms with Gasteiger partial charge in [-0.2, -0.15) is 26.3 Å². The van der Waals surface area contributed by atoms with Crippen molar-refractivity contribution < 1.29 is 54.9 Å². The van der Waals surface area contributed by atoms with Crippen molar-refractivity contribution in [2.75, 3.05) is 50.8 Å². The molecule has 4 heterocycles. The van der Waals surface area contributed by atoms with Crippen molar-refractivity contribution in [2.45, 2.75) is 63.5 Å². The fraction of sp³-hybridized carbons (Fsp3) is 0.486. The van der Waals surface area contributed by atoms with Gasteiger partial charge < -0.3 is 28.9 Å². The van der Waals surface area contributed by atoms with Crippen LogP contribution in [0.1, 0.15) is 60.3 Å². The Balaban J connectivity index is 1.47. The number of likely N-dealkylation sites (tertiary alicyclic amines) is 1. The first kappa shape index (κ1) is 38.7. The number of alkyl halides is 6. The second kappa shape index (κ2) is 16.0. The van der Waals surface area contributed by atoms with Crippen LogP contribution in [0, 0.1) is 0 Å². The number of carbonyl (C=O) groups excluding carboxylic acids is 3. The Morgan fingerprint density at radius 3 is 2.37 bits per heavy atom. The molecule has 1 aromatic carbocycles. The number of para-hydroxylation sites is 2. The second-order valence-corrected chi connectivity index (χ2v) is 13.2. The quantitative estimate of drug-likeness (QED) is 0.158. The molecule has 2 amide bonds. The van der Waals surface area contributed by atoms with E-state index in [1.807, 2.05) is 4.90 Å². The highest BCUT2D eigenvalue weighted by atomic mass is 32.1. The molecule has 0 unspecified atom stereocenters. The number of amides is 2. The fourth-order valence-electron chi connectivity index (χ4n) is 6.70. The van der Waals surface area contributed by atoms with Crippen molar-refractivity contribution in [2.24, 2.45) is 0 Å². The SMILES string of the molecule is CCC[C@H]1N(C(=O)c2cnccc2C(F)(F)F)CCC[C@@]1(Oc1csc(C(F)(F)F)c1)C(=O)N1CCN(c2ccccc2OCC(=O)OCC)CC1. The lowest BCUT2D eigenvalue weighted by atomic mass is 9.79. The van der Waals surface area contributed by atoms with Crippen LogP contribution in [0.2, 0.25) is 0 Å². The molecule has 0 aliphatic carbocycles. The van der Waals surface area contributed by atoms with E-state index in [4.69, 9.17) is 14.2 Å². The van der Waals surface area contributed by atoms with Gasteiger partial charge in [-0.3, -0.25) is 14.6 Å². The third-order valence-corrected chi connectivity index (χ3v) is 9.94. The molecule has 10 nitrogen and oxygen atoms in total. The molecule has 282 valence electrons. The summed E-state index contributed by atoms with van der Waals surface area (Å²) in [5, 5.41) is 1.13. The van der Waals surface area contributed by atoms with Crippen LogP contribution >= 0.6 is 11.3 Å². The molecule has 0 saturated carbocycles. The molecule has 0 radical (unpaired) electrons. The lowest BCUT2D eigenvalue weighted by Gasteiger charge is -2.50. The monoisotopic (exact) mass is 756 g/mol. The molecule has 0 spiro atoms. The highest BCUT2D eigenvalue weighted by Crippen LogP contribution is 2.43. The number of aromatic nitrogens is 1. The van der Waals surface area contributed by atoms with Gasteiger partial charge in [0.25, 0.3) is 11.8 Å². The lowest BCUT2D eigenvalue weighted by Crippen LogP contribution is -2.69. The van der Waals surface area contributed by atoms with Crippen LogP contribution in [-0.2, 0) is 26.7 Å². The van der Waals surface area contributed by atoms with Gasteiger partial charge in [0.2, 0.25) is 5.60 Å². The average molecular weight is 757 g/mol. The van der Waals surface area contributed by atoms with Crippen molar-refractivity contribution in [3.05, 3.63) is 70.2 Å². The normalized spacial score (nSPS) is 19.7. The number of hydrogen-bond acceptors (Lipinski definition) is 9. The van der Waals surface area contributed by atoms with Crippen LogP contribution in [0.15, 0.2) is 54.2 Å². The molecule has 2 aliphatic rings. The number of nitrogens with zero attached hydrogens (tertiary/aromatic N) is 4. The molecule has 2 aliphatic heterocycles. The van der Waals surface area contributed by atoms with Gasteiger partial charge in [0.1, 0.15) is 16.4 Å². The Bertz CT molecular complexity index is 1730. The molecule has 52 heavy (non-hydrogen) atoms. The summed E-state index contributed by atoms with van der Waals surface area (Å²) in [5.41, 5.74) is -3.15. The van der Waals surface area contributed by atoms with Gasteiger partial charge in [-0.15, -0.1) is 11.3 Å². The largest absolute Gasteiger partial charge is 0.480 e. The number of anilines is 1. The number of halogens is 6. The Kier molecular flexibility index (Phi) is 11.9. The Morgan fingerprint density at radius 1 is 0.981 bits per heavy atom. The van der Waals surface area contributed by atoms with Gasteiger partial charge >= 0.3 is 18.3 Å². The van der Waals surface area contributed by atoms with Gasteiger partial charge in [0.15, 0.2) is 6.61 Å². The third kappa shape index (κ3) is 8.40. The number of esters is 1. The molecule has 2 atom stereocenters. The van der Waals surface area contributed by atoms with E-state index in [0.29, 0.717) is 48.4 Å². The summed E-state index contributed by atoms with van der Waals surface area (Å²) in [7, 11) is 0. The zero-order chi connectivity index (χ0) is 37.7. The molecule has 0 N–H and O–H groups in total. The van der Waals surface area contributed by atoms with Gasteiger partial charge in [-0.1, -0.05) is 25.5 Å². The van der Waals surface area contributed by atoms with Crippen molar-refractivity contribution in [3.8, 4) is 11.5 Å². The maximum Gasteiger partial charge on any atom is 0.425 e. The number of carbonyl (C=O) groups is 3. The number of hydrogen-bond donors (Lipinski definition) is 0. The summed E-state index contributed by atoms with van der Waals surface area (Å²) >= 11 is 0.386. The highest BCUT2D eigenvalue weighted by molar-refractivity contribution is 7.10. The predicted octanol–water partition coefficient (Wildman–Crippen LogP) is 6.69. The van der Waals surface area contributed by atoms with E-state index in [1.54, 1.807) is 38.1 Å². The topological polar surface area (TPSA) is 102 Å². The first-order chi connectivity index (χ1) is 24.7. The van der Waals surface area contributed by atoms with Crippen molar-refractivity contribution >= 4 is 34.8 Å². The maximum absolute atomic E-state index is 14.8. The van der Waals surface area contributed by atoms with E-state index in [-0.39, 0.29) is 57.9 Å². The first-order valence-electron chi connectivity index (χ1n) is 16.8. The molecule has 2 saturated heterocycles. The van der Waals surface area contributed by atoms with Crippen molar-refractivity contribution in [3.63, 3.8) is 0 Å². The van der Waals surface area contributed by atoms with Crippen molar-refractivity contribution in [1.29, 1.82) is 0 Å². The number of thiophene rings is 1. The summed E-state index contributed by atoms with van der Waals surface area (Å²) in [6, 6.07) is 7.39. The molecule has 2 aromatic heterocycles. The smallest absolute Gasteiger partial charge is 0.425 e. The molecule has 2 fully saturated rings. The van der Waals surface area contributed by atoms with E-state index in [1.165, 1.54) is 9.80 Å². The van der Waals surface area contributed by atoms with Gasteiger partial charge in [0, 0.05) is 63.0 Å². The molecule has 3 aromatic rings. The number of pyridine rings is 1. The van der Waals surface area contributed by atoms with Crippen LogP contribution in [0.25, 0.3) is 0 Å². The summed E-state index contributed by atoms with van der Waals surface area (Å²) in [5.74, 6) is -1.94. The lowest BCUT2D eigenvalue weighted by molar-refractivity contribution is -0.159. The van der Waals surface area contributed by atoms with Crippen LogP contribution in [0.3, 0.4) is 0 Å². The Labute approximate surface area is 300 Å². The minimum atomic E-state index is -4.87. The van der Waals surface area contributed by atoms with E-state index in [9.17, 15) is 40.7 Å². The zero-order valence-corrected chi connectivity index (χ0v) is 29.3.